The van der Waals surface area contributed by atoms with Gasteiger partial charge in [0.25, 0.3) is 0 Å². The largest absolute Gasteiger partial charge is 0.359 e. The fourth-order valence-corrected chi connectivity index (χ4v) is 3.41. The number of thioether (sulfide) groups is 1. The van der Waals surface area contributed by atoms with Gasteiger partial charge in [-0.2, -0.15) is 0 Å². The van der Waals surface area contributed by atoms with E-state index >= 15 is 0 Å². The van der Waals surface area contributed by atoms with Crippen LogP contribution in [0.3, 0.4) is 0 Å². The Bertz CT molecular complexity index is 577. The number of hydrogen-bond acceptors (Lipinski definition) is 2. The Balaban J connectivity index is 1.71. The van der Waals surface area contributed by atoms with Gasteiger partial charge in [0, 0.05) is 18.5 Å². The summed E-state index contributed by atoms with van der Waals surface area (Å²) in [5.41, 5.74) is 4.00. The summed E-state index contributed by atoms with van der Waals surface area (Å²) in [6.07, 6.45) is 4.52. The van der Waals surface area contributed by atoms with Gasteiger partial charge in [-0.1, -0.05) is 60.7 Å². The molecule has 0 fully saturated rings. The van der Waals surface area contributed by atoms with E-state index in [0.29, 0.717) is 5.37 Å². The predicted octanol–water partition coefficient (Wildman–Crippen LogP) is 4.41. The standard InChI is InChI=1S/C17H17NS/c1-18-16-10-6-5-9-15(16)11-12-17(18)19-13-14-7-3-2-4-8-14/h2-12,17H,13H2,1H3. The van der Waals surface area contributed by atoms with Crippen LogP contribution in [0.4, 0.5) is 5.69 Å². The van der Waals surface area contributed by atoms with Gasteiger partial charge in [-0.15, -0.1) is 11.8 Å². The molecule has 0 saturated heterocycles. The minimum absolute atomic E-state index is 0.412. The van der Waals surface area contributed by atoms with Gasteiger partial charge in [0.1, 0.15) is 0 Å². The van der Waals surface area contributed by atoms with Crippen molar-refractivity contribution < 1.29 is 0 Å². The molecule has 0 radical (unpaired) electrons. The topological polar surface area (TPSA) is 3.24 Å². The molecule has 1 unspecified atom stereocenters. The van der Waals surface area contributed by atoms with Gasteiger partial charge in [-0.05, 0) is 17.2 Å². The second-order valence-electron chi connectivity index (χ2n) is 4.72. The molecule has 0 amide bonds. The minimum atomic E-state index is 0.412. The molecular formula is C17H17NS. The summed E-state index contributed by atoms with van der Waals surface area (Å²) in [4.78, 5) is 2.35. The molecule has 96 valence electrons. The van der Waals surface area contributed by atoms with E-state index in [1.807, 2.05) is 11.8 Å². The molecule has 1 aliphatic rings. The average Bonchev–Trinajstić information content (AvgIpc) is 2.48. The highest BCUT2D eigenvalue weighted by Crippen LogP contribution is 2.33. The van der Waals surface area contributed by atoms with Crippen molar-refractivity contribution in [3.8, 4) is 0 Å². The third kappa shape index (κ3) is 2.69. The first kappa shape index (κ1) is 12.4. The van der Waals surface area contributed by atoms with E-state index in [1.54, 1.807) is 0 Å². The second kappa shape index (κ2) is 5.54. The summed E-state index contributed by atoms with van der Waals surface area (Å²) >= 11 is 1.96. The SMILES string of the molecule is CN1c2ccccc2C=CC1SCc1ccccc1. The van der Waals surface area contributed by atoms with E-state index in [0.717, 1.165) is 5.75 Å². The van der Waals surface area contributed by atoms with Crippen molar-refractivity contribution in [3.63, 3.8) is 0 Å². The zero-order chi connectivity index (χ0) is 13.1. The molecule has 0 bridgehead atoms. The first-order valence-corrected chi connectivity index (χ1v) is 7.55. The molecule has 1 atom stereocenters. The van der Waals surface area contributed by atoms with Crippen molar-refractivity contribution in [1.29, 1.82) is 0 Å². The number of hydrogen-bond donors (Lipinski definition) is 0. The van der Waals surface area contributed by atoms with Crippen LogP contribution in [0.25, 0.3) is 6.08 Å². The highest BCUT2D eigenvalue weighted by atomic mass is 32.2. The van der Waals surface area contributed by atoms with E-state index in [2.05, 4.69) is 78.7 Å². The van der Waals surface area contributed by atoms with Crippen LogP contribution in [0.5, 0.6) is 0 Å². The maximum absolute atomic E-state index is 2.35. The second-order valence-corrected chi connectivity index (χ2v) is 5.82. The lowest BCUT2D eigenvalue weighted by Gasteiger charge is -2.31. The molecule has 0 saturated carbocycles. The highest BCUT2D eigenvalue weighted by molar-refractivity contribution is 7.99. The number of fused-ring (bicyclic) bond motifs is 1. The third-order valence-corrected chi connectivity index (χ3v) is 4.72. The normalized spacial score (nSPS) is 17.3. The number of likely N-dealkylation sites (N-methyl/N-ethyl adjacent to an activating group) is 1. The van der Waals surface area contributed by atoms with Gasteiger partial charge in [0.2, 0.25) is 0 Å². The lowest BCUT2D eigenvalue weighted by molar-refractivity contribution is 0.964. The number of para-hydroxylation sites is 1. The zero-order valence-corrected chi connectivity index (χ0v) is 11.8. The average molecular weight is 267 g/mol. The van der Waals surface area contributed by atoms with E-state index in [1.165, 1.54) is 16.8 Å². The Hall–Kier alpha value is -1.67. The fraction of sp³-hybridized carbons (Fsp3) is 0.176. The summed E-state index contributed by atoms with van der Waals surface area (Å²) in [6.45, 7) is 0. The van der Waals surface area contributed by atoms with Crippen LogP contribution in [-0.4, -0.2) is 12.4 Å². The molecule has 1 nitrogen and oxygen atoms in total. The van der Waals surface area contributed by atoms with Gasteiger partial charge < -0.3 is 4.90 Å². The summed E-state index contributed by atoms with van der Waals surface area (Å²) in [7, 11) is 2.17. The summed E-state index contributed by atoms with van der Waals surface area (Å²) in [6, 6.07) is 19.2. The van der Waals surface area contributed by atoms with Crippen LogP contribution in [0.15, 0.2) is 60.7 Å². The molecular weight excluding hydrogens is 250 g/mol. The molecule has 0 spiro atoms. The first-order valence-electron chi connectivity index (χ1n) is 6.50. The van der Waals surface area contributed by atoms with Crippen LogP contribution in [0.2, 0.25) is 0 Å². The van der Waals surface area contributed by atoms with Gasteiger partial charge in [0.05, 0.1) is 5.37 Å². The molecule has 3 rings (SSSR count). The van der Waals surface area contributed by atoms with Crippen LogP contribution in [0, 0.1) is 0 Å². The first-order chi connectivity index (χ1) is 9.34. The Labute approximate surface area is 119 Å². The number of rotatable bonds is 3. The smallest absolute Gasteiger partial charge is 0.0939 e. The van der Waals surface area contributed by atoms with E-state index in [9.17, 15) is 0 Å². The van der Waals surface area contributed by atoms with Crippen LogP contribution in [-0.2, 0) is 5.75 Å². The van der Waals surface area contributed by atoms with Crippen LogP contribution < -0.4 is 4.90 Å². The van der Waals surface area contributed by atoms with Gasteiger partial charge in [-0.25, -0.2) is 0 Å². The summed E-state index contributed by atoms with van der Waals surface area (Å²) in [5, 5.41) is 0.412. The van der Waals surface area contributed by atoms with Crippen LogP contribution in [0.1, 0.15) is 11.1 Å². The van der Waals surface area contributed by atoms with E-state index in [-0.39, 0.29) is 0 Å². The van der Waals surface area contributed by atoms with Crippen molar-refractivity contribution >= 4 is 23.5 Å². The molecule has 0 aliphatic carbocycles. The summed E-state index contributed by atoms with van der Waals surface area (Å²) < 4.78 is 0. The summed E-state index contributed by atoms with van der Waals surface area (Å²) in [5.74, 6) is 1.04. The van der Waals surface area contributed by atoms with Crippen molar-refractivity contribution in [2.75, 3.05) is 11.9 Å². The van der Waals surface area contributed by atoms with Gasteiger partial charge in [0.15, 0.2) is 0 Å². The number of anilines is 1. The predicted molar refractivity (Wildman–Crippen MR) is 85.4 cm³/mol. The monoisotopic (exact) mass is 267 g/mol. The number of nitrogens with zero attached hydrogens (tertiary/aromatic N) is 1. The van der Waals surface area contributed by atoms with Crippen molar-refractivity contribution in [2.24, 2.45) is 0 Å². The molecule has 2 aromatic rings. The van der Waals surface area contributed by atoms with E-state index in [4.69, 9.17) is 0 Å². The van der Waals surface area contributed by atoms with Crippen molar-refractivity contribution in [1.82, 2.24) is 0 Å². The Kier molecular flexibility index (Phi) is 3.60. The number of benzene rings is 2. The lowest BCUT2D eigenvalue weighted by Crippen LogP contribution is -2.29. The van der Waals surface area contributed by atoms with Crippen molar-refractivity contribution in [2.45, 2.75) is 11.1 Å². The molecule has 0 N–H and O–H groups in total. The molecule has 2 heteroatoms. The van der Waals surface area contributed by atoms with E-state index < -0.39 is 0 Å². The Morgan fingerprint density at radius 2 is 1.74 bits per heavy atom. The molecule has 19 heavy (non-hydrogen) atoms. The molecule has 1 heterocycles. The Morgan fingerprint density at radius 1 is 1.00 bits per heavy atom. The molecule has 0 aromatic heterocycles. The third-order valence-electron chi connectivity index (χ3n) is 3.40. The quantitative estimate of drug-likeness (QED) is 0.810. The maximum Gasteiger partial charge on any atom is 0.0939 e. The molecule has 2 aromatic carbocycles. The maximum atomic E-state index is 2.35. The Morgan fingerprint density at radius 3 is 2.58 bits per heavy atom. The van der Waals surface area contributed by atoms with Gasteiger partial charge in [-0.3, -0.25) is 0 Å². The fourth-order valence-electron chi connectivity index (χ4n) is 2.33. The minimum Gasteiger partial charge on any atom is -0.359 e. The van der Waals surface area contributed by atoms with Crippen LogP contribution >= 0.6 is 11.8 Å². The van der Waals surface area contributed by atoms with Gasteiger partial charge >= 0.3 is 0 Å². The zero-order valence-electron chi connectivity index (χ0n) is 11.0. The highest BCUT2D eigenvalue weighted by Gasteiger charge is 2.18. The molecule has 1 aliphatic heterocycles. The van der Waals surface area contributed by atoms with Crippen molar-refractivity contribution in [3.05, 3.63) is 71.8 Å². The lowest BCUT2D eigenvalue weighted by atomic mass is 10.1.